The molecule has 0 fully saturated rings. The van der Waals surface area contributed by atoms with Crippen molar-refractivity contribution >= 4 is 33.1 Å². The molecule has 0 aliphatic carbocycles. The van der Waals surface area contributed by atoms with Gasteiger partial charge in [0.2, 0.25) is 10.0 Å². The maximum atomic E-state index is 12.3. The van der Waals surface area contributed by atoms with Gasteiger partial charge in [-0.05, 0) is 31.2 Å². The van der Waals surface area contributed by atoms with E-state index in [0.717, 1.165) is 17.1 Å². The highest BCUT2D eigenvalue weighted by Gasteiger charge is 2.22. The number of hydrogen-bond acceptors (Lipinski definition) is 5. The summed E-state index contributed by atoms with van der Waals surface area (Å²) in [6.07, 6.45) is 2.78. The van der Waals surface area contributed by atoms with E-state index in [1.54, 1.807) is 17.8 Å². The Morgan fingerprint density at radius 1 is 1.50 bits per heavy atom. The van der Waals surface area contributed by atoms with E-state index in [0.29, 0.717) is 11.4 Å². The van der Waals surface area contributed by atoms with E-state index in [1.807, 2.05) is 25.6 Å². The lowest BCUT2D eigenvalue weighted by Gasteiger charge is -2.16. The molecule has 0 aliphatic heterocycles. The second kappa shape index (κ2) is 7.49. The predicted molar refractivity (Wildman–Crippen MR) is 79.9 cm³/mol. The summed E-state index contributed by atoms with van der Waals surface area (Å²) in [5, 5.41) is 4.81. The van der Waals surface area contributed by atoms with Crippen molar-refractivity contribution in [2.24, 2.45) is 0 Å². The standard InChI is InChI=1S/C11H20N2O2S3/c1-4-9(8-16-3)13-18(14,15)11-5-6-17-10(11)7-12-2/h5-6,9,12-13H,4,7-8H2,1-3H3. The van der Waals surface area contributed by atoms with Crippen LogP contribution in [0.3, 0.4) is 0 Å². The Morgan fingerprint density at radius 3 is 2.78 bits per heavy atom. The molecule has 1 aromatic rings. The fourth-order valence-corrected chi connectivity index (χ4v) is 5.18. The van der Waals surface area contributed by atoms with E-state index in [9.17, 15) is 8.42 Å². The predicted octanol–water partition coefficient (Wildman–Crippen LogP) is 1.89. The summed E-state index contributed by atoms with van der Waals surface area (Å²) in [7, 11) is -1.58. The van der Waals surface area contributed by atoms with Gasteiger partial charge in [-0.25, -0.2) is 13.1 Å². The molecule has 0 saturated carbocycles. The van der Waals surface area contributed by atoms with Gasteiger partial charge in [0.25, 0.3) is 0 Å². The molecule has 1 heterocycles. The third-order valence-corrected chi connectivity index (χ3v) is 5.90. The first-order valence-corrected chi connectivity index (χ1v) is 9.53. The fourth-order valence-electron chi connectivity index (χ4n) is 1.58. The third-order valence-electron chi connectivity index (χ3n) is 2.51. The first-order valence-electron chi connectivity index (χ1n) is 5.77. The lowest BCUT2D eigenvalue weighted by atomic mass is 10.3. The molecular formula is C11H20N2O2S3. The van der Waals surface area contributed by atoms with Crippen LogP contribution >= 0.6 is 23.1 Å². The maximum Gasteiger partial charge on any atom is 0.242 e. The van der Waals surface area contributed by atoms with Gasteiger partial charge in [-0.15, -0.1) is 11.3 Å². The van der Waals surface area contributed by atoms with Crippen molar-refractivity contribution in [3.05, 3.63) is 16.3 Å². The molecule has 0 amide bonds. The Bertz CT molecular complexity index is 457. The van der Waals surface area contributed by atoms with E-state index in [-0.39, 0.29) is 6.04 Å². The number of thioether (sulfide) groups is 1. The van der Waals surface area contributed by atoms with Gasteiger partial charge in [0.15, 0.2) is 0 Å². The summed E-state index contributed by atoms with van der Waals surface area (Å²) in [6.45, 7) is 2.57. The van der Waals surface area contributed by atoms with Crippen LogP contribution in [0.2, 0.25) is 0 Å². The Hall–Kier alpha value is -0.0800. The number of rotatable bonds is 8. The number of nitrogens with one attached hydrogen (secondary N) is 2. The lowest BCUT2D eigenvalue weighted by molar-refractivity contribution is 0.557. The highest BCUT2D eigenvalue weighted by Crippen LogP contribution is 2.22. The molecule has 0 aliphatic rings. The first-order chi connectivity index (χ1) is 8.55. The van der Waals surface area contributed by atoms with Crippen LogP contribution in [0.5, 0.6) is 0 Å². The SMILES string of the molecule is CCC(CSC)NS(=O)(=O)c1ccsc1CNC. The quantitative estimate of drug-likeness (QED) is 0.770. The first kappa shape index (κ1) is 16.0. The molecule has 1 aromatic heterocycles. The zero-order valence-electron chi connectivity index (χ0n) is 10.9. The van der Waals surface area contributed by atoms with Crippen LogP contribution in [0.1, 0.15) is 18.2 Å². The van der Waals surface area contributed by atoms with Crippen molar-refractivity contribution in [2.45, 2.75) is 30.8 Å². The molecule has 4 nitrogen and oxygen atoms in total. The number of hydrogen-bond donors (Lipinski definition) is 2. The minimum atomic E-state index is -3.40. The summed E-state index contributed by atoms with van der Waals surface area (Å²) in [5.74, 6) is 0.793. The number of thiophene rings is 1. The molecule has 1 rings (SSSR count). The summed E-state index contributed by atoms with van der Waals surface area (Å²) in [4.78, 5) is 1.26. The molecular weight excluding hydrogens is 288 g/mol. The van der Waals surface area contributed by atoms with Crippen molar-refractivity contribution in [3.63, 3.8) is 0 Å². The molecule has 0 spiro atoms. The lowest BCUT2D eigenvalue weighted by Crippen LogP contribution is -2.36. The topological polar surface area (TPSA) is 58.2 Å². The van der Waals surface area contributed by atoms with E-state index >= 15 is 0 Å². The monoisotopic (exact) mass is 308 g/mol. The van der Waals surface area contributed by atoms with Crippen LogP contribution in [0, 0.1) is 0 Å². The van der Waals surface area contributed by atoms with E-state index in [4.69, 9.17) is 0 Å². The molecule has 0 saturated heterocycles. The Labute approximate surface area is 118 Å². The highest BCUT2D eigenvalue weighted by molar-refractivity contribution is 7.98. The molecule has 0 bridgehead atoms. The van der Waals surface area contributed by atoms with Gasteiger partial charge in [0.1, 0.15) is 0 Å². The van der Waals surface area contributed by atoms with Crippen LogP contribution in [0.15, 0.2) is 16.3 Å². The fraction of sp³-hybridized carbons (Fsp3) is 0.636. The van der Waals surface area contributed by atoms with Gasteiger partial charge in [-0.1, -0.05) is 6.92 Å². The molecule has 1 unspecified atom stereocenters. The van der Waals surface area contributed by atoms with Gasteiger partial charge < -0.3 is 5.32 Å². The molecule has 0 radical (unpaired) electrons. The molecule has 7 heteroatoms. The molecule has 104 valence electrons. The Morgan fingerprint density at radius 2 is 2.22 bits per heavy atom. The van der Waals surface area contributed by atoms with E-state index in [2.05, 4.69) is 10.0 Å². The van der Waals surface area contributed by atoms with Gasteiger partial charge in [0, 0.05) is 23.2 Å². The smallest absolute Gasteiger partial charge is 0.242 e. The van der Waals surface area contributed by atoms with E-state index in [1.165, 1.54) is 11.3 Å². The summed E-state index contributed by atoms with van der Waals surface area (Å²) >= 11 is 3.11. The zero-order valence-corrected chi connectivity index (χ0v) is 13.3. The van der Waals surface area contributed by atoms with Gasteiger partial charge in [-0.3, -0.25) is 0 Å². The van der Waals surface area contributed by atoms with Crippen LogP contribution in [-0.2, 0) is 16.6 Å². The highest BCUT2D eigenvalue weighted by atomic mass is 32.2. The second-order valence-corrected chi connectivity index (χ2v) is 7.51. The van der Waals surface area contributed by atoms with Crippen molar-refractivity contribution in [2.75, 3.05) is 19.1 Å². The minimum absolute atomic E-state index is 0.00710. The normalized spacial score (nSPS) is 13.7. The second-order valence-electron chi connectivity index (χ2n) is 3.92. The molecule has 18 heavy (non-hydrogen) atoms. The van der Waals surface area contributed by atoms with Gasteiger partial charge >= 0.3 is 0 Å². The third kappa shape index (κ3) is 4.24. The molecule has 2 N–H and O–H groups in total. The van der Waals surface area contributed by atoms with Crippen LogP contribution in [0.25, 0.3) is 0 Å². The maximum absolute atomic E-state index is 12.3. The van der Waals surface area contributed by atoms with Gasteiger partial charge in [-0.2, -0.15) is 11.8 Å². The Balaban J connectivity index is 2.88. The largest absolute Gasteiger partial charge is 0.315 e. The van der Waals surface area contributed by atoms with Crippen LogP contribution in [0.4, 0.5) is 0 Å². The van der Waals surface area contributed by atoms with Crippen molar-refractivity contribution < 1.29 is 8.42 Å². The van der Waals surface area contributed by atoms with Gasteiger partial charge in [0.05, 0.1) is 4.90 Å². The average molecular weight is 308 g/mol. The zero-order chi connectivity index (χ0) is 13.6. The summed E-state index contributed by atoms with van der Waals surface area (Å²) in [5.41, 5.74) is 0. The molecule has 1 atom stereocenters. The van der Waals surface area contributed by atoms with Crippen molar-refractivity contribution in [1.29, 1.82) is 0 Å². The summed E-state index contributed by atoms with van der Waals surface area (Å²) < 4.78 is 27.4. The Kier molecular flexibility index (Phi) is 6.65. The average Bonchev–Trinajstić information content (AvgIpc) is 2.78. The summed E-state index contributed by atoms with van der Waals surface area (Å²) in [6, 6.07) is 1.67. The van der Waals surface area contributed by atoms with Crippen LogP contribution in [-0.4, -0.2) is 33.5 Å². The van der Waals surface area contributed by atoms with Crippen molar-refractivity contribution in [3.8, 4) is 0 Å². The van der Waals surface area contributed by atoms with E-state index < -0.39 is 10.0 Å². The minimum Gasteiger partial charge on any atom is -0.315 e. The number of sulfonamides is 1. The molecule has 0 aromatic carbocycles. The van der Waals surface area contributed by atoms with Crippen molar-refractivity contribution in [1.82, 2.24) is 10.0 Å². The van der Waals surface area contributed by atoms with Crippen LogP contribution < -0.4 is 10.0 Å².